The molecule has 6 N–H and O–H groups in total. The van der Waals surface area contributed by atoms with Crippen LogP contribution < -0.4 is 21.1 Å². The number of carboxylic acid groups (broad SMARTS) is 1. The van der Waals surface area contributed by atoms with Crippen molar-refractivity contribution in [1.82, 2.24) is 20.6 Å². The molecule has 0 aliphatic carbocycles. The molecule has 13 heteroatoms. The second kappa shape index (κ2) is 15.3. The van der Waals surface area contributed by atoms with Crippen LogP contribution in [0.15, 0.2) is 36.8 Å². The fraction of sp³-hybridized carbons (Fsp3) is 0.455. The molecule has 1 atom stereocenters. The number of hydrogen-bond donors (Lipinski definition) is 5. The molecule has 2 aromatic rings. The summed E-state index contributed by atoms with van der Waals surface area (Å²) in [5, 5.41) is 12.7. The number of aromatic nitrogens is 2. The predicted octanol–water partition coefficient (Wildman–Crippen LogP) is 1.91. The number of rotatable bonds is 12. The first-order valence-electron chi connectivity index (χ1n) is 10.8. The third-order valence-corrected chi connectivity index (χ3v) is 4.40. The molecular weight excluding hydrogens is 471 g/mol. The highest BCUT2D eigenvalue weighted by Gasteiger charge is 2.38. The van der Waals surface area contributed by atoms with Gasteiger partial charge in [0.05, 0.1) is 12.9 Å². The van der Waals surface area contributed by atoms with Crippen LogP contribution >= 0.6 is 0 Å². The first-order valence-corrected chi connectivity index (χ1v) is 10.8. The minimum atomic E-state index is -5.08. The number of carbonyl (C=O) groups excluding carboxylic acids is 2. The molecule has 2 amide bonds. The van der Waals surface area contributed by atoms with Gasteiger partial charge in [-0.05, 0) is 24.1 Å². The molecule has 0 fully saturated rings. The van der Waals surface area contributed by atoms with Crippen LogP contribution in [0, 0.1) is 0 Å². The lowest BCUT2D eigenvalue weighted by Crippen LogP contribution is -2.48. The Labute approximate surface area is 200 Å². The predicted molar refractivity (Wildman–Crippen MR) is 120 cm³/mol. The van der Waals surface area contributed by atoms with E-state index in [1.165, 1.54) is 6.33 Å². The van der Waals surface area contributed by atoms with Crippen molar-refractivity contribution >= 4 is 17.8 Å². The first-order chi connectivity index (χ1) is 16.6. The lowest BCUT2D eigenvalue weighted by atomic mass is 10.1. The number of nitrogens with one attached hydrogen (secondary N) is 3. The summed E-state index contributed by atoms with van der Waals surface area (Å²) < 4.78 is 37.4. The van der Waals surface area contributed by atoms with E-state index in [0.717, 1.165) is 29.8 Å². The summed E-state index contributed by atoms with van der Waals surface area (Å²) in [5.74, 6) is -2.46. The first kappa shape index (κ1) is 29.4. The number of hydrogen-bond acceptors (Lipinski definition) is 6. The van der Waals surface area contributed by atoms with Gasteiger partial charge in [0.1, 0.15) is 11.8 Å². The number of amides is 2. The average molecular weight is 502 g/mol. The van der Waals surface area contributed by atoms with Gasteiger partial charge in [-0.3, -0.25) is 9.59 Å². The third kappa shape index (κ3) is 12.4. The van der Waals surface area contributed by atoms with Gasteiger partial charge < -0.3 is 31.2 Å². The standard InChI is InChI=1S/C20H29N5O3.C2HF3O2/c1-2-3-10-28-17-6-4-15(5-7-17)12-23-20(27)18(25-19(26)8-9-21)11-16-13-22-14-24-16;3-2(4,5)1(6)7/h4-7,13-14,18H,2-3,8-12,21H2,1H3,(H,22,24)(H,23,27)(H,25,26);(H,6,7)/t18-;/m0./s1. The molecular formula is C22H30F3N5O5. The summed E-state index contributed by atoms with van der Waals surface area (Å²) in [6, 6.07) is 6.91. The zero-order chi connectivity index (χ0) is 26.3. The van der Waals surface area contributed by atoms with Gasteiger partial charge in [-0.2, -0.15) is 13.2 Å². The molecule has 10 nitrogen and oxygen atoms in total. The number of carboxylic acids is 1. The average Bonchev–Trinajstić information content (AvgIpc) is 3.31. The van der Waals surface area contributed by atoms with E-state index in [9.17, 15) is 22.8 Å². The van der Waals surface area contributed by atoms with Crippen LogP contribution in [0.25, 0.3) is 0 Å². The maximum atomic E-state index is 12.6. The Bertz CT molecular complexity index is 905. The molecule has 0 radical (unpaired) electrons. The number of aromatic amines is 1. The fourth-order valence-corrected chi connectivity index (χ4v) is 2.57. The Morgan fingerprint density at radius 2 is 1.89 bits per heavy atom. The maximum Gasteiger partial charge on any atom is 0.490 e. The number of benzene rings is 1. The summed E-state index contributed by atoms with van der Waals surface area (Å²) in [7, 11) is 0. The number of imidazole rings is 1. The Morgan fingerprint density at radius 1 is 1.23 bits per heavy atom. The summed E-state index contributed by atoms with van der Waals surface area (Å²) in [6.45, 7) is 3.41. The molecule has 0 bridgehead atoms. The number of nitrogens with two attached hydrogens (primary N) is 1. The van der Waals surface area contributed by atoms with Gasteiger partial charge in [0, 0.05) is 37.8 Å². The lowest BCUT2D eigenvalue weighted by Gasteiger charge is -2.18. The monoisotopic (exact) mass is 501 g/mol. The highest BCUT2D eigenvalue weighted by molar-refractivity contribution is 5.87. The van der Waals surface area contributed by atoms with E-state index < -0.39 is 18.2 Å². The maximum absolute atomic E-state index is 12.6. The van der Waals surface area contributed by atoms with Crippen molar-refractivity contribution in [3.05, 3.63) is 48.0 Å². The van der Waals surface area contributed by atoms with E-state index in [1.807, 2.05) is 24.3 Å². The van der Waals surface area contributed by atoms with Crippen LogP contribution in [0.2, 0.25) is 0 Å². The topological polar surface area (TPSA) is 159 Å². The molecule has 0 unspecified atom stereocenters. The normalized spacial score (nSPS) is 11.6. The second-order valence-corrected chi connectivity index (χ2v) is 7.31. The van der Waals surface area contributed by atoms with Crippen molar-refractivity contribution < 1.29 is 37.4 Å². The van der Waals surface area contributed by atoms with E-state index in [0.29, 0.717) is 19.6 Å². The number of aliphatic carboxylic acids is 1. The zero-order valence-electron chi connectivity index (χ0n) is 19.2. The van der Waals surface area contributed by atoms with Crippen molar-refractivity contribution in [2.75, 3.05) is 13.2 Å². The molecule has 0 aliphatic heterocycles. The van der Waals surface area contributed by atoms with E-state index in [4.69, 9.17) is 20.4 Å². The Morgan fingerprint density at radius 3 is 2.40 bits per heavy atom. The van der Waals surface area contributed by atoms with Gasteiger partial charge in [-0.15, -0.1) is 0 Å². The van der Waals surface area contributed by atoms with Crippen LogP contribution in [0.5, 0.6) is 5.75 Å². The van der Waals surface area contributed by atoms with E-state index in [1.54, 1.807) is 6.20 Å². The highest BCUT2D eigenvalue weighted by atomic mass is 19.4. The fourth-order valence-electron chi connectivity index (χ4n) is 2.57. The summed E-state index contributed by atoms with van der Waals surface area (Å²) >= 11 is 0. The van der Waals surface area contributed by atoms with Gasteiger partial charge in [0.15, 0.2) is 0 Å². The highest BCUT2D eigenvalue weighted by Crippen LogP contribution is 2.13. The number of alkyl halides is 3. The number of nitrogens with zero attached hydrogens (tertiary/aromatic N) is 1. The van der Waals surface area contributed by atoms with Crippen LogP contribution in [0.4, 0.5) is 13.2 Å². The molecule has 1 heterocycles. The number of carbonyl (C=O) groups is 3. The molecule has 1 aromatic carbocycles. The second-order valence-electron chi connectivity index (χ2n) is 7.31. The van der Waals surface area contributed by atoms with Crippen molar-refractivity contribution in [2.24, 2.45) is 5.73 Å². The van der Waals surface area contributed by atoms with Gasteiger partial charge in [0.2, 0.25) is 11.8 Å². The molecule has 0 spiro atoms. The summed E-state index contributed by atoms with van der Waals surface area (Å²) in [5.41, 5.74) is 7.13. The van der Waals surface area contributed by atoms with Gasteiger partial charge in [-0.1, -0.05) is 25.5 Å². The molecule has 0 saturated carbocycles. The number of halogens is 3. The minimum Gasteiger partial charge on any atom is -0.494 e. The number of ether oxygens (including phenoxy) is 1. The molecule has 1 aromatic heterocycles. The lowest BCUT2D eigenvalue weighted by molar-refractivity contribution is -0.192. The molecule has 2 rings (SSSR count). The van der Waals surface area contributed by atoms with Crippen molar-refractivity contribution in [3.8, 4) is 5.75 Å². The number of unbranched alkanes of at least 4 members (excludes halogenated alkanes) is 1. The minimum absolute atomic E-state index is 0.173. The van der Waals surface area contributed by atoms with Crippen LogP contribution in [-0.2, 0) is 27.3 Å². The summed E-state index contributed by atoms with van der Waals surface area (Å²) in [4.78, 5) is 40.3. The largest absolute Gasteiger partial charge is 0.494 e. The quantitative estimate of drug-likeness (QED) is 0.278. The van der Waals surface area contributed by atoms with Gasteiger partial charge in [0.25, 0.3) is 0 Å². The smallest absolute Gasteiger partial charge is 0.490 e. The van der Waals surface area contributed by atoms with Crippen LogP contribution in [0.1, 0.15) is 37.4 Å². The Balaban J connectivity index is 0.000000762. The Hall–Kier alpha value is -3.61. The third-order valence-electron chi connectivity index (χ3n) is 4.40. The molecule has 0 saturated heterocycles. The van der Waals surface area contributed by atoms with Crippen molar-refractivity contribution in [1.29, 1.82) is 0 Å². The van der Waals surface area contributed by atoms with E-state index in [2.05, 4.69) is 27.5 Å². The van der Waals surface area contributed by atoms with Gasteiger partial charge >= 0.3 is 12.1 Å². The molecule has 0 aliphatic rings. The molecule has 35 heavy (non-hydrogen) atoms. The molecule has 194 valence electrons. The number of H-pyrrole nitrogens is 1. The van der Waals surface area contributed by atoms with E-state index in [-0.39, 0.29) is 24.8 Å². The SMILES string of the molecule is CCCCOc1ccc(CNC(=O)[C@H](Cc2cnc[nH]2)NC(=O)CCN)cc1.O=C(O)C(F)(F)F. The van der Waals surface area contributed by atoms with Crippen molar-refractivity contribution in [3.63, 3.8) is 0 Å². The van der Waals surface area contributed by atoms with Crippen LogP contribution in [0.3, 0.4) is 0 Å². The van der Waals surface area contributed by atoms with Crippen LogP contribution in [-0.4, -0.2) is 58.2 Å². The zero-order valence-corrected chi connectivity index (χ0v) is 19.2. The van der Waals surface area contributed by atoms with E-state index >= 15 is 0 Å². The van der Waals surface area contributed by atoms with Gasteiger partial charge in [-0.25, -0.2) is 9.78 Å². The van der Waals surface area contributed by atoms with Crippen molar-refractivity contribution in [2.45, 2.75) is 51.4 Å². The summed E-state index contributed by atoms with van der Waals surface area (Å²) in [6.07, 6.45) is 0.693. The Kier molecular flexibility index (Phi) is 12.9.